The molecule has 0 heterocycles. The van der Waals surface area contributed by atoms with Gasteiger partial charge in [-0.2, -0.15) is 0 Å². The number of unbranched alkanes of at least 4 members (excludes halogenated alkanes) is 1. The molecule has 0 saturated carbocycles. The summed E-state index contributed by atoms with van der Waals surface area (Å²) in [4.78, 5) is 22.1. The molecule has 6 heteroatoms. The van der Waals surface area contributed by atoms with Crippen molar-refractivity contribution in [1.29, 1.82) is 0 Å². The van der Waals surface area contributed by atoms with Crippen LogP contribution in [0.1, 0.15) is 33.6 Å². The zero-order chi connectivity index (χ0) is 12.8. The van der Waals surface area contributed by atoms with Gasteiger partial charge in [0.1, 0.15) is 10.5 Å². The van der Waals surface area contributed by atoms with Crippen LogP contribution in [0.25, 0.3) is 0 Å². The largest absolute Gasteiger partial charge is 0.480 e. The van der Waals surface area contributed by atoms with Crippen molar-refractivity contribution in [3.63, 3.8) is 0 Å². The first-order valence-corrected chi connectivity index (χ1v) is 6.52. The van der Waals surface area contributed by atoms with E-state index in [-0.39, 0.29) is 11.7 Å². The Kier molecular flexibility index (Phi) is 6.25. The molecule has 0 saturated heterocycles. The molecule has 0 aromatic carbocycles. The molecule has 0 radical (unpaired) electrons. The van der Waals surface area contributed by atoms with Gasteiger partial charge in [0.05, 0.1) is 0 Å². The molecule has 2 N–H and O–H groups in total. The van der Waals surface area contributed by atoms with E-state index in [1.54, 1.807) is 0 Å². The number of hydrogen-bond acceptors (Lipinski definition) is 3. The summed E-state index contributed by atoms with van der Waals surface area (Å²) in [6.45, 7) is 5.24. The summed E-state index contributed by atoms with van der Waals surface area (Å²) in [6, 6.07) is 0. The van der Waals surface area contributed by atoms with E-state index in [9.17, 15) is 13.8 Å². The Morgan fingerprint density at radius 2 is 1.94 bits per heavy atom. The van der Waals surface area contributed by atoms with Crippen LogP contribution in [0.15, 0.2) is 0 Å². The Bertz CT molecular complexity index is 289. The van der Waals surface area contributed by atoms with E-state index < -0.39 is 21.5 Å². The molecule has 0 aromatic rings. The fourth-order valence-electron chi connectivity index (χ4n) is 0.852. The minimum absolute atomic E-state index is 0.261. The van der Waals surface area contributed by atoms with E-state index in [0.717, 1.165) is 12.8 Å². The average Bonchev–Trinajstić information content (AvgIpc) is 2.17. The lowest BCUT2D eigenvalue weighted by atomic mass is 10.2. The summed E-state index contributed by atoms with van der Waals surface area (Å²) in [5, 5.41) is 11.4. The Balaban J connectivity index is 4.14. The van der Waals surface area contributed by atoms with Gasteiger partial charge >= 0.3 is 5.97 Å². The molecule has 5 nitrogen and oxygen atoms in total. The van der Waals surface area contributed by atoms with Gasteiger partial charge in [0, 0.05) is 17.3 Å². The molecule has 0 aliphatic heterocycles. The normalized spacial score (nSPS) is 13.2. The summed E-state index contributed by atoms with van der Waals surface area (Å²) >= 11 is 0. The van der Waals surface area contributed by atoms with Crippen molar-refractivity contribution in [2.45, 2.75) is 38.4 Å². The molecule has 1 unspecified atom stereocenters. The van der Waals surface area contributed by atoms with E-state index in [1.807, 2.05) is 6.92 Å². The Morgan fingerprint density at radius 1 is 1.38 bits per heavy atom. The first kappa shape index (κ1) is 15.1. The quantitative estimate of drug-likeness (QED) is 0.644. The predicted octanol–water partition coefficient (Wildman–Crippen LogP) is 0.515. The molecule has 0 fully saturated rings. The zero-order valence-corrected chi connectivity index (χ0v) is 10.7. The Labute approximate surface area is 98.1 Å². The van der Waals surface area contributed by atoms with Crippen LogP contribution in [-0.2, 0) is 20.4 Å². The van der Waals surface area contributed by atoms with Crippen LogP contribution in [0.3, 0.4) is 0 Å². The molecule has 1 atom stereocenters. The van der Waals surface area contributed by atoms with Gasteiger partial charge in [-0.3, -0.25) is 13.8 Å². The highest BCUT2D eigenvalue weighted by atomic mass is 32.2. The highest BCUT2D eigenvalue weighted by Gasteiger charge is 2.35. The van der Waals surface area contributed by atoms with E-state index in [4.69, 9.17) is 5.11 Å². The number of carbonyl (C=O) groups excluding carboxylic acids is 1. The second-order valence-corrected chi connectivity index (χ2v) is 6.01. The van der Waals surface area contributed by atoms with Crippen molar-refractivity contribution in [1.82, 2.24) is 5.32 Å². The van der Waals surface area contributed by atoms with Gasteiger partial charge in [-0.05, 0) is 20.3 Å². The van der Waals surface area contributed by atoms with Crippen LogP contribution in [-0.4, -0.2) is 38.2 Å². The lowest BCUT2D eigenvalue weighted by Gasteiger charge is -2.17. The van der Waals surface area contributed by atoms with Crippen molar-refractivity contribution in [3.05, 3.63) is 0 Å². The van der Waals surface area contributed by atoms with E-state index in [2.05, 4.69) is 5.32 Å². The number of amides is 1. The molecule has 0 bridgehead atoms. The molecule has 0 rings (SSSR count). The topological polar surface area (TPSA) is 83.5 Å². The van der Waals surface area contributed by atoms with Crippen LogP contribution in [0.5, 0.6) is 0 Å². The lowest BCUT2D eigenvalue weighted by Crippen LogP contribution is -2.41. The highest BCUT2D eigenvalue weighted by molar-refractivity contribution is 7.87. The number of nitrogens with one attached hydrogen (secondary N) is 1. The van der Waals surface area contributed by atoms with Gasteiger partial charge in [-0.1, -0.05) is 13.3 Å². The third-order valence-corrected chi connectivity index (χ3v) is 4.04. The summed E-state index contributed by atoms with van der Waals surface area (Å²) in [6.07, 6.45) is 1.82. The summed E-state index contributed by atoms with van der Waals surface area (Å²) in [5.74, 6) is -1.78. The van der Waals surface area contributed by atoms with Gasteiger partial charge in [0.15, 0.2) is 0 Å². The summed E-state index contributed by atoms with van der Waals surface area (Å²) < 4.78 is 10.2. The van der Waals surface area contributed by atoms with Gasteiger partial charge in [-0.15, -0.1) is 0 Å². The van der Waals surface area contributed by atoms with Gasteiger partial charge in [-0.25, -0.2) is 0 Å². The molecular formula is C10H19NO4S. The van der Waals surface area contributed by atoms with Gasteiger partial charge < -0.3 is 10.4 Å². The molecule has 16 heavy (non-hydrogen) atoms. The summed E-state index contributed by atoms with van der Waals surface area (Å²) in [7, 11) is -1.71. The molecule has 0 spiro atoms. The van der Waals surface area contributed by atoms with Gasteiger partial charge in [0.2, 0.25) is 5.91 Å². The number of carboxylic acids is 1. The van der Waals surface area contributed by atoms with Crippen molar-refractivity contribution in [2.24, 2.45) is 0 Å². The highest BCUT2D eigenvalue weighted by Crippen LogP contribution is 2.13. The predicted molar refractivity (Wildman–Crippen MR) is 62.6 cm³/mol. The maximum absolute atomic E-state index is 11.6. The molecule has 0 aliphatic rings. The Hall–Kier alpha value is -0.910. The number of carboxylic acid groups (broad SMARTS) is 1. The summed E-state index contributed by atoms with van der Waals surface area (Å²) in [5.41, 5.74) is 0. The van der Waals surface area contributed by atoms with Crippen molar-refractivity contribution in [2.75, 3.05) is 12.3 Å². The second-order valence-electron chi connectivity index (χ2n) is 4.01. The number of rotatable bonds is 7. The van der Waals surface area contributed by atoms with Crippen LogP contribution in [0.4, 0.5) is 0 Å². The molecule has 0 aromatic heterocycles. The number of carbonyl (C=O) groups is 2. The third kappa shape index (κ3) is 4.74. The minimum Gasteiger partial charge on any atom is -0.480 e. The maximum Gasteiger partial charge on any atom is 0.321 e. The second kappa shape index (κ2) is 6.62. The van der Waals surface area contributed by atoms with E-state index >= 15 is 0 Å². The fourth-order valence-corrected chi connectivity index (χ4v) is 1.75. The van der Waals surface area contributed by atoms with Gasteiger partial charge in [0.25, 0.3) is 0 Å². The van der Waals surface area contributed by atoms with Crippen LogP contribution in [0.2, 0.25) is 0 Å². The molecular weight excluding hydrogens is 230 g/mol. The average molecular weight is 249 g/mol. The van der Waals surface area contributed by atoms with Crippen LogP contribution >= 0.6 is 0 Å². The van der Waals surface area contributed by atoms with Crippen LogP contribution in [0, 0.1) is 0 Å². The third-order valence-electron chi connectivity index (χ3n) is 2.20. The minimum atomic E-state index is -1.71. The fraction of sp³-hybridized carbons (Fsp3) is 0.800. The van der Waals surface area contributed by atoms with Crippen molar-refractivity contribution >= 4 is 22.7 Å². The Morgan fingerprint density at radius 3 is 2.38 bits per heavy atom. The molecule has 94 valence electrons. The van der Waals surface area contributed by atoms with E-state index in [1.165, 1.54) is 13.8 Å². The maximum atomic E-state index is 11.6. The van der Waals surface area contributed by atoms with Crippen LogP contribution < -0.4 is 5.32 Å². The first-order valence-electron chi connectivity index (χ1n) is 5.21. The lowest BCUT2D eigenvalue weighted by molar-refractivity contribution is -0.139. The smallest absolute Gasteiger partial charge is 0.321 e. The number of hydrogen-bond donors (Lipinski definition) is 2. The van der Waals surface area contributed by atoms with Crippen molar-refractivity contribution in [3.8, 4) is 0 Å². The monoisotopic (exact) mass is 249 g/mol. The SMILES string of the molecule is CCCCNC(=O)CS(=O)C(C)(C)C(=O)O. The standard InChI is InChI=1S/C10H19NO4S/c1-4-5-6-11-8(12)7-16(15)10(2,3)9(13)14/h4-7H2,1-3H3,(H,11,12)(H,13,14). The number of aliphatic carboxylic acids is 1. The zero-order valence-electron chi connectivity index (χ0n) is 9.91. The molecule has 0 aliphatic carbocycles. The van der Waals surface area contributed by atoms with E-state index in [0.29, 0.717) is 6.54 Å². The first-order chi connectivity index (χ1) is 7.32. The molecule has 1 amide bonds. The van der Waals surface area contributed by atoms with Crippen molar-refractivity contribution < 1.29 is 18.9 Å².